The first-order valence-corrected chi connectivity index (χ1v) is 10.2. The molecule has 0 aliphatic carbocycles. The number of nitrogens with one attached hydrogen (secondary N) is 1. The molecule has 0 atom stereocenters. The first-order chi connectivity index (χ1) is 14.9. The molecule has 0 unspecified atom stereocenters. The van der Waals surface area contributed by atoms with Crippen LogP contribution in [0, 0.1) is 0 Å². The molecular formula is C21H17Cl3N2O5. The number of ether oxygens (including phenoxy) is 2. The second kappa shape index (κ2) is 10.5. The lowest BCUT2D eigenvalue weighted by Crippen LogP contribution is -2.15. The zero-order valence-corrected chi connectivity index (χ0v) is 18.6. The maximum Gasteiger partial charge on any atom is 0.345 e. The van der Waals surface area contributed by atoms with Crippen LogP contribution in [0.1, 0.15) is 23.2 Å². The van der Waals surface area contributed by atoms with Gasteiger partial charge in [0, 0.05) is 12.0 Å². The molecule has 3 aromatic rings. The summed E-state index contributed by atoms with van der Waals surface area (Å²) in [5.74, 6) is -0.783. The molecule has 10 heteroatoms. The van der Waals surface area contributed by atoms with Crippen LogP contribution in [0.3, 0.4) is 0 Å². The second-order valence-corrected chi connectivity index (χ2v) is 7.48. The van der Waals surface area contributed by atoms with Gasteiger partial charge in [-0.1, -0.05) is 58.2 Å². The molecule has 0 aliphatic rings. The minimum atomic E-state index is -0.760. The normalized spacial score (nSPS) is 10.6. The lowest BCUT2D eigenvalue weighted by molar-refractivity contribution is -0.116. The Labute approximate surface area is 193 Å². The topological polar surface area (TPSA) is 90.7 Å². The Hall–Kier alpha value is -2.74. The Morgan fingerprint density at radius 3 is 2.39 bits per heavy atom. The number of benzene rings is 2. The van der Waals surface area contributed by atoms with E-state index in [4.69, 9.17) is 48.8 Å². The molecule has 1 N–H and O–H groups in total. The largest absolute Gasteiger partial charge is 0.492 e. The average molecular weight is 484 g/mol. The van der Waals surface area contributed by atoms with Crippen molar-refractivity contribution in [1.29, 1.82) is 0 Å². The molecule has 162 valence electrons. The molecule has 1 aromatic heterocycles. The van der Waals surface area contributed by atoms with Gasteiger partial charge in [-0.05, 0) is 30.7 Å². The predicted octanol–water partition coefficient (Wildman–Crippen LogP) is 5.89. The van der Waals surface area contributed by atoms with Crippen LogP contribution in [0.2, 0.25) is 15.1 Å². The highest BCUT2D eigenvalue weighted by Crippen LogP contribution is 2.38. The van der Waals surface area contributed by atoms with Gasteiger partial charge in [0.1, 0.15) is 11.4 Å². The molecule has 7 nitrogen and oxygen atoms in total. The van der Waals surface area contributed by atoms with E-state index in [0.717, 1.165) is 0 Å². The van der Waals surface area contributed by atoms with Gasteiger partial charge in [0.2, 0.25) is 11.8 Å². The molecule has 0 saturated heterocycles. The summed E-state index contributed by atoms with van der Waals surface area (Å²) in [6.07, 6.45) is 0.510. The molecule has 31 heavy (non-hydrogen) atoms. The first-order valence-electron chi connectivity index (χ1n) is 9.12. The van der Waals surface area contributed by atoms with Crippen molar-refractivity contribution in [1.82, 2.24) is 5.16 Å². The number of amides is 1. The highest BCUT2D eigenvalue weighted by atomic mass is 35.5. The number of hydrogen-bond acceptors (Lipinski definition) is 6. The molecule has 0 fully saturated rings. The summed E-state index contributed by atoms with van der Waals surface area (Å²) in [4.78, 5) is 24.7. The molecule has 3 rings (SSSR count). The molecule has 0 aliphatic heterocycles. The van der Waals surface area contributed by atoms with Gasteiger partial charge in [0.25, 0.3) is 0 Å². The van der Waals surface area contributed by atoms with Crippen LogP contribution >= 0.6 is 34.8 Å². The SMILES string of the molecule is COC(=O)c1c(-c2c(Cl)cccc2Cl)noc1NC(=O)CCCOc1ccccc1Cl. The first kappa shape index (κ1) is 22.9. The number of hydrogen-bond donors (Lipinski definition) is 1. The maximum absolute atomic E-state index is 12.4. The Morgan fingerprint density at radius 1 is 1.03 bits per heavy atom. The number of para-hydroxylation sites is 1. The Kier molecular flexibility index (Phi) is 7.79. The van der Waals surface area contributed by atoms with E-state index in [2.05, 4.69) is 10.5 Å². The van der Waals surface area contributed by atoms with Crippen LogP contribution in [-0.2, 0) is 9.53 Å². The summed E-state index contributed by atoms with van der Waals surface area (Å²) in [5.41, 5.74) is 0.279. The van der Waals surface area contributed by atoms with Crippen LogP contribution < -0.4 is 10.1 Å². The fourth-order valence-electron chi connectivity index (χ4n) is 2.73. The monoisotopic (exact) mass is 482 g/mol. The van der Waals surface area contributed by atoms with Crippen molar-refractivity contribution in [2.75, 3.05) is 19.0 Å². The van der Waals surface area contributed by atoms with Crippen molar-refractivity contribution in [2.24, 2.45) is 0 Å². The van der Waals surface area contributed by atoms with E-state index in [1.165, 1.54) is 7.11 Å². The van der Waals surface area contributed by atoms with E-state index in [-0.39, 0.29) is 40.2 Å². The van der Waals surface area contributed by atoms with Crippen molar-refractivity contribution >= 4 is 52.6 Å². The second-order valence-electron chi connectivity index (χ2n) is 6.25. The molecule has 0 bridgehead atoms. The average Bonchev–Trinajstić information content (AvgIpc) is 3.14. The smallest absolute Gasteiger partial charge is 0.345 e. The van der Waals surface area contributed by atoms with E-state index < -0.39 is 11.9 Å². The van der Waals surface area contributed by atoms with Gasteiger partial charge >= 0.3 is 5.97 Å². The summed E-state index contributed by atoms with van der Waals surface area (Å²) in [6, 6.07) is 11.9. The van der Waals surface area contributed by atoms with Crippen LogP contribution in [-0.4, -0.2) is 30.7 Å². The van der Waals surface area contributed by atoms with E-state index in [1.807, 2.05) is 0 Å². The van der Waals surface area contributed by atoms with Gasteiger partial charge in [-0.15, -0.1) is 0 Å². The summed E-state index contributed by atoms with van der Waals surface area (Å²) in [5, 5.41) is 7.42. The zero-order chi connectivity index (χ0) is 22.4. The molecule has 1 heterocycles. The maximum atomic E-state index is 12.4. The van der Waals surface area contributed by atoms with Crippen molar-refractivity contribution in [3.63, 3.8) is 0 Å². The van der Waals surface area contributed by atoms with Gasteiger partial charge in [0.05, 0.1) is 28.8 Å². The van der Waals surface area contributed by atoms with Gasteiger partial charge in [0.15, 0.2) is 5.56 Å². The van der Waals surface area contributed by atoms with Gasteiger partial charge in [-0.2, -0.15) is 0 Å². The van der Waals surface area contributed by atoms with Gasteiger partial charge in [-0.25, -0.2) is 4.79 Å². The van der Waals surface area contributed by atoms with E-state index in [1.54, 1.807) is 42.5 Å². The van der Waals surface area contributed by atoms with Crippen LogP contribution in [0.25, 0.3) is 11.3 Å². The van der Waals surface area contributed by atoms with E-state index >= 15 is 0 Å². The van der Waals surface area contributed by atoms with E-state index in [9.17, 15) is 9.59 Å². The van der Waals surface area contributed by atoms with Gasteiger partial charge < -0.3 is 14.0 Å². The lowest BCUT2D eigenvalue weighted by atomic mass is 10.1. The molecule has 1 amide bonds. The fourth-order valence-corrected chi connectivity index (χ4v) is 3.49. The standard InChI is InChI=1S/C21H17Cl3N2O5/c1-29-21(28)18-19(17-13(23)7-4-8-14(17)24)26-31-20(18)25-16(27)10-5-11-30-15-9-3-2-6-12(15)22/h2-4,6-9H,5,10-11H2,1H3,(H,25,27). The lowest BCUT2D eigenvalue weighted by Gasteiger charge is -2.08. The molecule has 0 spiro atoms. The highest BCUT2D eigenvalue weighted by Gasteiger charge is 2.28. The predicted molar refractivity (Wildman–Crippen MR) is 118 cm³/mol. The number of anilines is 1. The summed E-state index contributed by atoms with van der Waals surface area (Å²) in [7, 11) is 1.20. The molecule has 2 aromatic carbocycles. The minimum absolute atomic E-state index is 0.0693. The Morgan fingerprint density at radius 2 is 1.71 bits per heavy atom. The van der Waals surface area contributed by atoms with Crippen molar-refractivity contribution < 1.29 is 23.6 Å². The van der Waals surface area contributed by atoms with E-state index in [0.29, 0.717) is 22.8 Å². The third-order valence-corrected chi connectivity index (χ3v) is 5.12. The number of halogens is 3. The minimum Gasteiger partial charge on any atom is -0.492 e. The van der Waals surface area contributed by atoms with Crippen LogP contribution in [0.5, 0.6) is 5.75 Å². The Bertz CT molecular complexity index is 1080. The van der Waals surface area contributed by atoms with Crippen molar-refractivity contribution in [3.8, 4) is 17.0 Å². The molecule has 0 saturated carbocycles. The summed E-state index contributed by atoms with van der Waals surface area (Å²) >= 11 is 18.5. The highest BCUT2D eigenvalue weighted by molar-refractivity contribution is 6.39. The van der Waals surface area contributed by atoms with Gasteiger partial charge in [-0.3, -0.25) is 10.1 Å². The number of esters is 1. The van der Waals surface area contributed by atoms with Crippen LogP contribution in [0.4, 0.5) is 5.88 Å². The summed E-state index contributed by atoms with van der Waals surface area (Å²) < 4.78 is 15.6. The van der Waals surface area contributed by atoms with Crippen molar-refractivity contribution in [3.05, 3.63) is 63.1 Å². The summed E-state index contributed by atoms with van der Waals surface area (Å²) in [6.45, 7) is 0.276. The number of aromatic nitrogens is 1. The molecule has 0 radical (unpaired) electrons. The number of carbonyl (C=O) groups is 2. The molecular weight excluding hydrogens is 467 g/mol. The third-order valence-electron chi connectivity index (χ3n) is 4.18. The van der Waals surface area contributed by atoms with Crippen LogP contribution in [0.15, 0.2) is 47.0 Å². The number of rotatable bonds is 8. The fraction of sp³-hybridized carbons (Fsp3) is 0.190. The quantitative estimate of drug-likeness (QED) is 0.317. The zero-order valence-electron chi connectivity index (χ0n) is 16.3. The van der Waals surface area contributed by atoms with Crippen molar-refractivity contribution in [2.45, 2.75) is 12.8 Å². The third kappa shape index (κ3) is 5.50. The number of nitrogens with zero attached hydrogens (tertiary/aromatic N) is 1. The Balaban J connectivity index is 1.70. The number of methoxy groups -OCH3 is 1. The number of carbonyl (C=O) groups excluding carboxylic acids is 2.